The Morgan fingerprint density at radius 1 is 1.33 bits per heavy atom. The highest BCUT2D eigenvalue weighted by Gasteiger charge is 2.14. The first-order chi connectivity index (χ1) is 5.86. The average Bonchev–Trinajstić information content (AvgIpc) is 2.58. The maximum Gasteiger partial charge on any atom is 0.114 e. The summed E-state index contributed by atoms with van der Waals surface area (Å²) in [6.07, 6.45) is 8.32. The third-order valence-electron chi connectivity index (χ3n) is 2.58. The van der Waals surface area contributed by atoms with E-state index in [-0.39, 0.29) is 0 Å². The van der Waals surface area contributed by atoms with Gasteiger partial charge in [-0.3, -0.25) is 4.68 Å². The maximum atomic E-state index is 4.04. The van der Waals surface area contributed by atoms with Crippen molar-refractivity contribution >= 4 is 0 Å². The number of piperidine rings is 1. The molecule has 3 heteroatoms. The Hall–Kier alpha value is -0.990. The smallest absolute Gasteiger partial charge is 0.114 e. The van der Waals surface area contributed by atoms with Gasteiger partial charge in [-0.25, -0.2) is 4.98 Å². The van der Waals surface area contributed by atoms with Crippen molar-refractivity contribution in [3.63, 3.8) is 0 Å². The summed E-state index contributed by atoms with van der Waals surface area (Å²) < 4.78 is 2.09. The SMILES string of the molecule is CC1CCN(n2ccnc2)CC1. The number of aromatic nitrogens is 2. The Labute approximate surface area is 73.0 Å². The molecule has 1 fully saturated rings. The molecule has 0 aromatic carbocycles. The number of rotatable bonds is 1. The van der Waals surface area contributed by atoms with Crippen molar-refractivity contribution in [1.82, 2.24) is 9.66 Å². The molecule has 0 bridgehead atoms. The lowest BCUT2D eigenvalue weighted by molar-refractivity contribution is 0.386. The van der Waals surface area contributed by atoms with Gasteiger partial charge in [0.2, 0.25) is 0 Å². The van der Waals surface area contributed by atoms with Gasteiger partial charge in [-0.2, -0.15) is 0 Å². The lowest BCUT2D eigenvalue weighted by Crippen LogP contribution is -2.40. The van der Waals surface area contributed by atoms with Gasteiger partial charge in [0.1, 0.15) is 6.33 Å². The number of nitrogens with zero attached hydrogens (tertiary/aromatic N) is 3. The van der Waals surface area contributed by atoms with Gasteiger partial charge in [-0.15, -0.1) is 0 Å². The summed E-state index contributed by atoms with van der Waals surface area (Å²) in [5.74, 6) is 0.893. The van der Waals surface area contributed by atoms with E-state index in [1.54, 1.807) is 0 Å². The summed E-state index contributed by atoms with van der Waals surface area (Å²) in [5.41, 5.74) is 0. The molecular weight excluding hydrogens is 150 g/mol. The van der Waals surface area contributed by atoms with E-state index in [1.807, 2.05) is 18.7 Å². The van der Waals surface area contributed by atoms with Crippen LogP contribution in [0.1, 0.15) is 19.8 Å². The fourth-order valence-electron chi connectivity index (χ4n) is 1.65. The number of hydrogen-bond donors (Lipinski definition) is 0. The van der Waals surface area contributed by atoms with Crippen LogP contribution in [0.2, 0.25) is 0 Å². The minimum atomic E-state index is 0.893. The molecule has 1 aromatic rings. The zero-order chi connectivity index (χ0) is 8.39. The van der Waals surface area contributed by atoms with Gasteiger partial charge < -0.3 is 5.01 Å². The molecular formula is C9H15N3. The minimum Gasteiger partial charge on any atom is -0.312 e. The van der Waals surface area contributed by atoms with Crippen LogP contribution in [0.3, 0.4) is 0 Å². The van der Waals surface area contributed by atoms with Gasteiger partial charge in [0.05, 0.1) is 0 Å². The van der Waals surface area contributed by atoms with Crippen LogP contribution >= 0.6 is 0 Å². The summed E-state index contributed by atoms with van der Waals surface area (Å²) in [6, 6.07) is 0. The van der Waals surface area contributed by atoms with E-state index in [4.69, 9.17) is 0 Å². The minimum absolute atomic E-state index is 0.893. The zero-order valence-corrected chi connectivity index (χ0v) is 7.48. The van der Waals surface area contributed by atoms with Crippen LogP contribution < -0.4 is 5.01 Å². The number of hydrogen-bond acceptors (Lipinski definition) is 2. The summed E-state index contributed by atoms with van der Waals surface area (Å²) in [6.45, 7) is 4.65. The molecule has 1 aromatic heterocycles. The van der Waals surface area contributed by atoms with Gasteiger partial charge >= 0.3 is 0 Å². The first-order valence-electron chi connectivity index (χ1n) is 4.59. The van der Waals surface area contributed by atoms with Crippen molar-refractivity contribution in [2.45, 2.75) is 19.8 Å². The fourth-order valence-corrected chi connectivity index (χ4v) is 1.65. The maximum absolute atomic E-state index is 4.04. The Balaban J connectivity index is 1.99. The first kappa shape index (κ1) is 7.65. The Kier molecular flexibility index (Phi) is 2.02. The largest absolute Gasteiger partial charge is 0.312 e. The number of imidazole rings is 1. The van der Waals surface area contributed by atoms with Crippen LogP contribution in [0, 0.1) is 5.92 Å². The van der Waals surface area contributed by atoms with E-state index in [1.165, 1.54) is 12.8 Å². The van der Waals surface area contributed by atoms with Crippen molar-refractivity contribution in [2.75, 3.05) is 18.1 Å². The van der Waals surface area contributed by atoms with E-state index >= 15 is 0 Å². The van der Waals surface area contributed by atoms with Gasteiger partial charge in [-0.05, 0) is 18.8 Å². The van der Waals surface area contributed by atoms with Crippen LogP contribution in [0.15, 0.2) is 18.7 Å². The molecule has 0 N–H and O–H groups in total. The third-order valence-corrected chi connectivity index (χ3v) is 2.58. The molecule has 2 heterocycles. The lowest BCUT2D eigenvalue weighted by atomic mass is 10.0. The van der Waals surface area contributed by atoms with Crippen LogP contribution in [0.25, 0.3) is 0 Å². The fraction of sp³-hybridized carbons (Fsp3) is 0.667. The molecule has 1 aliphatic heterocycles. The van der Waals surface area contributed by atoms with Crippen molar-refractivity contribution in [3.05, 3.63) is 18.7 Å². The standard InChI is InChI=1S/C9H15N3/c1-9-2-5-11(6-3-9)12-7-4-10-8-12/h4,7-9H,2-3,5-6H2,1H3. The van der Waals surface area contributed by atoms with Crippen molar-refractivity contribution in [2.24, 2.45) is 5.92 Å². The normalized spacial score (nSPS) is 19.9. The molecule has 0 amide bonds. The van der Waals surface area contributed by atoms with Crippen molar-refractivity contribution in [3.8, 4) is 0 Å². The second kappa shape index (κ2) is 3.17. The highest BCUT2D eigenvalue weighted by atomic mass is 15.5. The topological polar surface area (TPSA) is 21.1 Å². The van der Waals surface area contributed by atoms with E-state index in [2.05, 4.69) is 21.6 Å². The zero-order valence-electron chi connectivity index (χ0n) is 7.48. The van der Waals surface area contributed by atoms with E-state index in [0.29, 0.717) is 0 Å². The van der Waals surface area contributed by atoms with E-state index in [0.717, 1.165) is 19.0 Å². The molecule has 1 saturated heterocycles. The summed E-state index contributed by atoms with van der Waals surface area (Å²) in [5, 5.41) is 2.34. The molecule has 0 aliphatic carbocycles. The van der Waals surface area contributed by atoms with Gasteiger partial charge in [0.15, 0.2) is 0 Å². The summed E-state index contributed by atoms with van der Waals surface area (Å²) in [7, 11) is 0. The Morgan fingerprint density at radius 3 is 2.67 bits per heavy atom. The predicted octanol–water partition coefficient (Wildman–Crippen LogP) is 1.25. The molecule has 2 rings (SSSR count). The van der Waals surface area contributed by atoms with Gasteiger partial charge in [-0.1, -0.05) is 6.92 Å². The van der Waals surface area contributed by atoms with Crippen LogP contribution in [-0.2, 0) is 0 Å². The average molecular weight is 165 g/mol. The van der Waals surface area contributed by atoms with Crippen molar-refractivity contribution in [1.29, 1.82) is 0 Å². The highest BCUT2D eigenvalue weighted by Crippen LogP contribution is 2.14. The van der Waals surface area contributed by atoms with Crippen LogP contribution in [-0.4, -0.2) is 22.7 Å². The quantitative estimate of drug-likeness (QED) is 0.624. The van der Waals surface area contributed by atoms with E-state index in [9.17, 15) is 0 Å². The molecule has 0 radical (unpaired) electrons. The van der Waals surface area contributed by atoms with Crippen LogP contribution in [0.4, 0.5) is 0 Å². The third kappa shape index (κ3) is 1.44. The predicted molar refractivity (Wildman–Crippen MR) is 48.6 cm³/mol. The lowest BCUT2D eigenvalue weighted by Gasteiger charge is -2.32. The molecule has 1 aliphatic rings. The first-order valence-corrected chi connectivity index (χ1v) is 4.59. The van der Waals surface area contributed by atoms with Gasteiger partial charge in [0, 0.05) is 25.5 Å². The van der Waals surface area contributed by atoms with Crippen LogP contribution in [0.5, 0.6) is 0 Å². The second-order valence-electron chi connectivity index (χ2n) is 3.58. The monoisotopic (exact) mass is 165 g/mol. The Morgan fingerprint density at radius 2 is 2.08 bits per heavy atom. The molecule has 0 unspecified atom stereocenters. The van der Waals surface area contributed by atoms with E-state index < -0.39 is 0 Å². The molecule has 66 valence electrons. The molecule has 12 heavy (non-hydrogen) atoms. The van der Waals surface area contributed by atoms with Crippen molar-refractivity contribution < 1.29 is 0 Å². The molecule has 0 saturated carbocycles. The summed E-state index contributed by atoms with van der Waals surface area (Å²) in [4.78, 5) is 4.04. The molecule has 0 spiro atoms. The molecule has 3 nitrogen and oxygen atoms in total. The second-order valence-corrected chi connectivity index (χ2v) is 3.58. The Bertz CT molecular complexity index is 222. The summed E-state index contributed by atoms with van der Waals surface area (Å²) >= 11 is 0. The molecule has 0 atom stereocenters. The van der Waals surface area contributed by atoms with Gasteiger partial charge in [0.25, 0.3) is 0 Å². The highest BCUT2D eigenvalue weighted by molar-refractivity contribution is 4.92.